The van der Waals surface area contributed by atoms with Gasteiger partial charge >= 0.3 is 0 Å². The van der Waals surface area contributed by atoms with E-state index in [1.165, 1.54) is 22.1 Å². The van der Waals surface area contributed by atoms with Crippen molar-refractivity contribution in [3.8, 4) is 0 Å². The SMILES string of the molecule is Cc1ccccc1CNc1nc2ccccc2cc1C. The Balaban J connectivity index is 1.87. The molecule has 20 heavy (non-hydrogen) atoms. The van der Waals surface area contributed by atoms with Crippen LogP contribution in [0.15, 0.2) is 54.6 Å². The highest BCUT2D eigenvalue weighted by atomic mass is 15.0. The van der Waals surface area contributed by atoms with Crippen molar-refractivity contribution in [3.05, 3.63) is 71.3 Å². The second-order valence-electron chi connectivity index (χ2n) is 5.13. The zero-order valence-electron chi connectivity index (χ0n) is 11.9. The van der Waals surface area contributed by atoms with Crippen molar-refractivity contribution in [3.63, 3.8) is 0 Å². The number of benzene rings is 2. The van der Waals surface area contributed by atoms with E-state index in [2.05, 4.69) is 55.6 Å². The summed E-state index contributed by atoms with van der Waals surface area (Å²) in [5, 5.41) is 4.64. The lowest BCUT2D eigenvalue weighted by atomic mass is 10.1. The first-order chi connectivity index (χ1) is 9.74. The van der Waals surface area contributed by atoms with Crippen LogP contribution in [0.5, 0.6) is 0 Å². The molecule has 3 rings (SSSR count). The number of aromatic nitrogens is 1. The average molecular weight is 262 g/mol. The van der Waals surface area contributed by atoms with Gasteiger partial charge in [0.15, 0.2) is 0 Å². The third-order valence-corrected chi connectivity index (χ3v) is 3.62. The Morgan fingerprint density at radius 1 is 0.900 bits per heavy atom. The molecule has 2 aromatic carbocycles. The van der Waals surface area contributed by atoms with Crippen molar-refractivity contribution in [2.45, 2.75) is 20.4 Å². The lowest BCUT2D eigenvalue weighted by Crippen LogP contribution is -2.04. The number of rotatable bonds is 3. The molecule has 0 unspecified atom stereocenters. The van der Waals surface area contributed by atoms with Crippen LogP contribution in [0.25, 0.3) is 10.9 Å². The van der Waals surface area contributed by atoms with Crippen LogP contribution in [0.3, 0.4) is 0 Å². The number of hydrogen-bond acceptors (Lipinski definition) is 2. The number of aryl methyl sites for hydroxylation is 2. The van der Waals surface area contributed by atoms with E-state index in [0.29, 0.717) is 0 Å². The van der Waals surface area contributed by atoms with Gasteiger partial charge in [-0.25, -0.2) is 4.98 Å². The zero-order valence-corrected chi connectivity index (χ0v) is 11.9. The van der Waals surface area contributed by atoms with Gasteiger partial charge in [0.2, 0.25) is 0 Å². The summed E-state index contributed by atoms with van der Waals surface area (Å²) in [5.74, 6) is 0.965. The van der Waals surface area contributed by atoms with E-state index in [0.717, 1.165) is 17.9 Å². The van der Waals surface area contributed by atoms with Gasteiger partial charge in [0, 0.05) is 11.9 Å². The molecule has 100 valence electrons. The smallest absolute Gasteiger partial charge is 0.129 e. The molecule has 0 fully saturated rings. The fourth-order valence-corrected chi connectivity index (χ4v) is 2.39. The number of anilines is 1. The Labute approximate surface area is 119 Å². The Bertz CT molecular complexity index is 747. The van der Waals surface area contributed by atoms with Crippen LogP contribution < -0.4 is 5.32 Å². The zero-order chi connectivity index (χ0) is 13.9. The number of pyridine rings is 1. The highest BCUT2D eigenvalue weighted by Gasteiger charge is 2.03. The van der Waals surface area contributed by atoms with Crippen LogP contribution in [0.2, 0.25) is 0 Å². The first-order valence-corrected chi connectivity index (χ1v) is 6.89. The molecular formula is C18H18N2. The summed E-state index contributed by atoms with van der Waals surface area (Å²) in [6.45, 7) is 5.04. The van der Waals surface area contributed by atoms with E-state index in [4.69, 9.17) is 4.98 Å². The second-order valence-corrected chi connectivity index (χ2v) is 5.13. The standard InChI is InChI=1S/C18H18N2/c1-13-7-3-4-9-16(13)12-19-18-14(2)11-15-8-5-6-10-17(15)20-18/h3-11H,12H2,1-2H3,(H,19,20). The molecule has 1 aromatic heterocycles. The second kappa shape index (κ2) is 5.33. The molecule has 0 amide bonds. The van der Waals surface area contributed by atoms with Crippen molar-refractivity contribution in [1.82, 2.24) is 4.98 Å². The Morgan fingerprint density at radius 2 is 1.65 bits per heavy atom. The van der Waals surface area contributed by atoms with E-state index < -0.39 is 0 Å². The Hall–Kier alpha value is -2.35. The third kappa shape index (κ3) is 2.50. The third-order valence-electron chi connectivity index (χ3n) is 3.62. The van der Waals surface area contributed by atoms with Gasteiger partial charge in [-0.2, -0.15) is 0 Å². The maximum Gasteiger partial charge on any atom is 0.129 e. The van der Waals surface area contributed by atoms with Gasteiger partial charge in [-0.15, -0.1) is 0 Å². The van der Waals surface area contributed by atoms with Crippen molar-refractivity contribution in [1.29, 1.82) is 0 Å². The molecule has 0 radical (unpaired) electrons. The Morgan fingerprint density at radius 3 is 2.50 bits per heavy atom. The molecule has 1 heterocycles. The van der Waals surface area contributed by atoms with Crippen molar-refractivity contribution < 1.29 is 0 Å². The molecular weight excluding hydrogens is 244 g/mol. The predicted molar refractivity (Wildman–Crippen MR) is 85.0 cm³/mol. The van der Waals surface area contributed by atoms with Crippen LogP contribution in [0.1, 0.15) is 16.7 Å². The maximum atomic E-state index is 4.71. The molecule has 0 spiro atoms. The van der Waals surface area contributed by atoms with Gasteiger partial charge in [0.25, 0.3) is 0 Å². The molecule has 0 atom stereocenters. The molecule has 0 aliphatic heterocycles. The van der Waals surface area contributed by atoms with Gasteiger partial charge in [-0.1, -0.05) is 42.5 Å². The number of para-hydroxylation sites is 1. The van der Waals surface area contributed by atoms with Crippen molar-refractivity contribution in [2.75, 3.05) is 5.32 Å². The van der Waals surface area contributed by atoms with E-state index >= 15 is 0 Å². The first kappa shape index (κ1) is 12.7. The first-order valence-electron chi connectivity index (χ1n) is 6.89. The van der Waals surface area contributed by atoms with Crippen LogP contribution in [-0.4, -0.2) is 4.98 Å². The minimum atomic E-state index is 0.804. The Kier molecular flexibility index (Phi) is 3.38. The van der Waals surface area contributed by atoms with Gasteiger partial charge in [-0.3, -0.25) is 0 Å². The predicted octanol–water partition coefficient (Wildman–Crippen LogP) is 4.46. The molecule has 0 saturated carbocycles. The monoisotopic (exact) mass is 262 g/mol. The number of hydrogen-bond donors (Lipinski definition) is 1. The lowest BCUT2D eigenvalue weighted by molar-refractivity contribution is 1.09. The fourth-order valence-electron chi connectivity index (χ4n) is 2.39. The van der Waals surface area contributed by atoms with Gasteiger partial charge in [0.05, 0.1) is 5.52 Å². The summed E-state index contributed by atoms with van der Waals surface area (Å²) in [5.41, 5.74) is 4.82. The molecule has 0 bridgehead atoms. The molecule has 0 aliphatic rings. The van der Waals surface area contributed by atoms with Crippen molar-refractivity contribution in [2.24, 2.45) is 0 Å². The number of nitrogens with one attached hydrogen (secondary N) is 1. The van der Waals surface area contributed by atoms with Gasteiger partial charge in [-0.05, 0) is 42.7 Å². The maximum absolute atomic E-state index is 4.71. The summed E-state index contributed by atoms with van der Waals surface area (Å²) >= 11 is 0. The van der Waals surface area contributed by atoms with Crippen molar-refractivity contribution >= 4 is 16.7 Å². The minimum absolute atomic E-state index is 0.804. The molecule has 3 aromatic rings. The van der Waals surface area contributed by atoms with Gasteiger partial charge < -0.3 is 5.32 Å². The summed E-state index contributed by atoms with van der Waals surface area (Å²) < 4.78 is 0. The molecule has 0 aliphatic carbocycles. The molecule has 1 N–H and O–H groups in total. The van der Waals surface area contributed by atoms with Crippen LogP contribution in [0.4, 0.5) is 5.82 Å². The van der Waals surface area contributed by atoms with Crippen LogP contribution >= 0.6 is 0 Å². The largest absolute Gasteiger partial charge is 0.366 e. The van der Waals surface area contributed by atoms with Crippen LogP contribution in [0, 0.1) is 13.8 Å². The normalized spacial score (nSPS) is 10.7. The summed E-state index contributed by atoms with van der Waals surface area (Å²) in [6, 6.07) is 18.8. The van der Waals surface area contributed by atoms with Crippen LogP contribution in [-0.2, 0) is 6.54 Å². The summed E-state index contributed by atoms with van der Waals surface area (Å²) in [6.07, 6.45) is 0. The molecule has 2 heteroatoms. The fraction of sp³-hybridized carbons (Fsp3) is 0.167. The van der Waals surface area contributed by atoms with E-state index in [1.54, 1.807) is 0 Å². The lowest BCUT2D eigenvalue weighted by Gasteiger charge is -2.11. The number of nitrogens with zero attached hydrogens (tertiary/aromatic N) is 1. The average Bonchev–Trinajstić information content (AvgIpc) is 2.46. The highest BCUT2D eigenvalue weighted by molar-refractivity contribution is 5.81. The highest BCUT2D eigenvalue weighted by Crippen LogP contribution is 2.20. The van der Waals surface area contributed by atoms with E-state index in [-0.39, 0.29) is 0 Å². The molecule has 0 saturated heterocycles. The quantitative estimate of drug-likeness (QED) is 0.753. The number of fused-ring (bicyclic) bond motifs is 1. The van der Waals surface area contributed by atoms with E-state index in [9.17, 15) is 0 Å². The minimum Gasteiger partial charge on any atom is -0.366 e. The topological polar surface area (TPSA) is 24.9 Å². The summed E-state index contributed by atoms with van der Waals surface area (Å²) in [4.78, 5) is 4.71. The van der Waals surface area contributed by atoms with E-state index in [1.807, 2.05) is 18.2 Å². The molecule has 2 nitrogen and oxygen atoms in total. The summed E-state index contributed by atoms with van der Waals surface area (Å²) in [7, 11) is 0. The van der Waals surface area contributed by atoms with Gasteiger partial charge in [0.1, 0.15) is 5.82 Å².